The van der Waals surface area contributed by atoms with Crippen molar-refractivity contribution in [2.24, 2.45) is 5.92 Å². The van der Waals surface area contributed by atoms with Crippen LogP contribution in [0.3, 0.4) is 0 Å². The van der Waals surface area contributed by atoms with Gasteiger partial charge >= 0.3 is 0 Å². The van der Waals surface area contributed by atoms with Gasteiger partial charge in [-0.1, -0.05) is 19.8 Å². The van der Waals surface area contributed by atoms with Gasteiger partial charge in [0.05, 0.1) is 10.7 Å². The minimum atomic E-state index is -0.0424. The number of carbonyl (C=O) groups excluding carboxylic acids is 2. The smallest absolute Gasteiger partial charge is 0.263 e. The molecule has 2 aliphatic rings. The fourth-order valence-electron chi connectivity index (χ4n) is 3.72. The molecule has 5 nitrogen and oxygen atoms in total. The second kappa shape index (κ2) is 6.99. The lowest BCUT2D eigenvalue weighted by Crippen LogP contribution is -2.36. The van der Waals surface area contributed by atoms with E-state index < -0.39 is 0 Å². The Balaban J connectivity index is 1.54. The second-order valence-corrected chi connectivity index (χ2v) is 7.83. The quantitative estimate of drug-likeness (QED) is 0.899. The Hall–Kier alpha value is -1.43. The first-order valence-corrected chi connectivity index (χ1v) is 9.44. The molecule has 0 spiro atoms. The topological polar surface area (TPSA) is 62.3 Å². The number of amides is 2. The van der Waals surface area contributed by atoms with Gasteiger partial charge in [-0.15, -0.1) is 11.3 Å². The van der Waals surface area contributed by atoms with Gasteiger partial charge in [-0.05, 0) is 26.2 Å². The fourth-order valence-corrected chi connectivity index (χ4v) is 4.64. The number of aromatic nitrogens is 1. The van der Waals surface area contributed by atoms with Crippen molar-refractivity contribution < 1.29 is 9.59 Å². The molecule has 1 saturated carbocycles. The highest BCUT2D eigenvalue weighted by molar-refractivity contribution is 7.13. The van der Waals surface area contributed by atoms with Gasteiger partial charge in [-0.2, -0.15) is 0 Å². The number of nitrogens with one attached hydrogen (secondary N) is 1. The molecule has 1 saturated heterocycles. The van der Waals surface area contributed by atoms with Gasteiger partial charge < -0.3 is 10.2 Å². The van der Waals surface area contributed by atoms with E-state index in [9.17, 15) is 9.59 Å². The molecule has 0 radical (unpaired) electrons. The molecule has 0 aromatic carbocycles. The van der Waals surface area contributed by atoms with Gasteiger partial charge in [0.15, 0.2) is 0 Å². The van der Waals surface area contributed by atoms with Crippen LogP contribution in [0, 0.1) is 12.8 Å². The number of aryl methyl sites for hydroxylation is 2. The maximum atomic E-state index is 12.4. The first kappa shape index (κ1) is 16.4. The highest BCUT2D eigenvalue weighted by Crippen LogP contribution is 2.29. The van der Waals surface area contributed by atoms with Gasteiger partial charge in [-0.25, -0.2) is 4.98 Å². The molecule has 3 rings (SSSR count). The van der Waals surface area contributed by atoms with Crippen LogP contribution in [0.4, 0.5) is 0 Å². The lowest BCUT2D eigenvalue weighted by Gasteiger charge is -2.24. The molecule has 1 aliphatic heterocycles. The maximum Gasteiger partial charge on any atom is 0.263 e. The van der Waals surface area contributed by atoms with Crippen LogP contribution in [0.15, 0.2) is 0 Å². The van der Waals surface area contributed by atoms with Crippen LogP contribution in [0.1, 0.15) is 59.4 Å². The molecule has 1 N–H and O–H groups in total. The SMILES string of the molecule is CCc1nc(C)sc1C(=O)NC[C@@H]1CC(=O)N(C2CCCC2)C1. The van der Waals surface area contributed by atoms with Crippen molar-refractivity contribution in [1.82, 2.24) is 15.2 Å². The summed E-state index contributed by atoms with van der Waals surface area (Å²) < 4.78 is 0. The number of nitrogens with zero attached hydrogens (tertiary/aromatic N) is 2. The van der Waals surface area contributed by atoms with E-state index in [1.165, 1.54) is 24.2 Å². The van der Waals surface area contributed by atoms with Crippen LogP contribution in [-0.2, 0) is 11.2 Å². The molecular weight excluding hydrogens is 310 g/mol. The fraction of sp³-hybridized carbons (Fsp3) is 0.706. The summed E-state index contributed by atoms with van der Waals surface area (Å²) in [4.78, 5) is 31.7. The predicted octanol–water partition coefficient (Wildman–Crippen LogP) is 2.53. The summed E-state index contributed by atoms with van der Waals surface area (Å²) in [5, 5.41) is 3.94. The van der Waals surface area contributed by atoms with Crippen LogP contribution in [0.25, 0.3) is 0 Å². The summed E-state index contributed by atoms with van der Waals surface area (Å²) in [5.74, 6) is 0.462. The molecule has 126 valence electrons. The van der Waals surface area contributed by atoms with Crippen LogP contribution in [0.5, 0.6) is 0 Å². The van der Waals surface area contributed by atoms with Crippen LogP contribution in [-0.4, -0.2) is 40.8 Å². The first-order chi connectivity index (χ1) is 11.1. The van der Waals surface area contributed by atoms with Crippen LogP contribution < -0.4 is 5.32 Å². The Labute approximate surface area is 141 Å². The minimum Gasteiger partial charge on any atom is -0.351 e. The molecule has 1 atom stereocenters. The van der Waals surface area contributed by atoms with E-state index in [0.717, 1.165) is 41.4 Å². The first-order valence-electron chi connectivity index (χ1n) is 8.62. The minimum absolute atomic E-state index is 0.0424. The Kier molecular flexibility index (Phi) is 4.99. The van der Waals surface area contributed by atoms with Crippen molar-refractivity contribution in [3.8, 4) is 0 Å². The summed E-state index contributed by atoms with van der Waals surface area (Å²) in [6.07, 6.45) is 6.10. The standard InChI is InChI=1S/C17H25N3O2S/c1-3-14-16(23-11(2)19-14)17(22)18-9-12-8-15(21)20(10-12)13-6-4-5-7-13/h12-13H,3-10H2,1-2H3,(H,18,22)/t12-/m0/s1. The number of likely N-dealkylation sites (tertiary alicyclic amines) is 1. The summed E-state index contributed by atoms with van der Waals surface area (Å²) in [6, 6.07) is 0.444. The molecule has 2 fully saturated rings. The molecule has 23 heavy (non-hydrogen) atoms. The van der Waals surface area contributed by atoms with E-state index in [2.05, 4.69) is 15.2 Å². The summed E-state index contributed by atoms with van der Waals surface area (Å²) in [5.41, 5.74) is 0.875. The molecule has 0 unspecified atom stereocenters. The second-order valence-electron chi connectivity index (χ2n) is 6.63. The number of rotatable bonds is 5. The molecule has 1 aromatic rings. The molecule has 1 aromatic heterocycles. The summed E-state index contributed by atoms with van der Waals surface area (Å²) in [7, 11) is 0. The summed E-state index contributed by atoms with van der Waals surface area (Å²) in [6.45, 7) is 5.32. The van der Waals surface area contributed by atoms with Crippen LogP contribution >= 0.6 is 11.3 Å². The zero-order chi connectivity index (χ0) is 16.4. The van der Waals surface area contributed by atoms with Crippen molar-refractivity contribution in [2.45, 2.75) is 58.4 Å². The van der Waals surface area contributed by atoms with Crippen molar-refractivity contribution in [1.29, 1.82) is 0 Å². The van der Waals surface area contributed by atoms with Crippen LogP contribution in [0.2, 0.25) is 0 Å². The van der Waals surface area contributed by atoms with Crippen molar-refractivity contribution in [3.05, 3.63) is 15.6 Å². The average Bonchev–Trinajstić information content (AvgIpc) is 3.24. The number of carbonyl (C=O) groups is 2. The molecule has 2 amide bonds. The third-order valence-electron chi connectivity index (χ3n) is 4.90. The average molecular weight is 335 g/mol. The van der Waals surface area contributed by atoms with E-state index >= 15 is 0 Å². The monoisotopic (exact) mass is 335 g/mol. The molecule has 6 heteroatoms. The zero-order valence-corrected chi connectivity index (χ0v) is 14.7. The van der Waals surface area contributed by atoms with E-state index in [1.807, 2.05) is 13.8 Å². The highest BCUT2D eigenvalue weighted by atomic mass is 32.1. The lowest BCUT2D eigenvalue weighted by atomic mass is 10.1. The van der Waals surface area contributed by atoms with E-state index in [1.54, 1.807) is 0 Å². The molecule has 1 aliphatic carbocycles. The number of thiazole rings is 1. The third-order valence-corrected chi connectivity index (χ3v) is 5.91. The Morgan fingerprint density at radius 3 is 2.83 bits per heavy atom. The number of hydrogen-bond acceptors (Lipinski definition) is 4. The molecule has 2 heterocycles. The van der Waals surface area contributed by atoms with Crippen molar-refractivity contribution >= 4 is 23.2 Å². The molecule has 0 bridgehead atoms. The van der Waals surface area contributed by atoms with Crippen molar-refractivity contribution in [2.75, 3.05) is 13.1 Å². The Morgan fingerprint density at radius 2 is 2.13 bits per heavy atom. The lowest BCUT2D eigenvalue weighted by molar-refractivity contribution is -0.129. The van der Waals surface area contributed by atoms with Gasteiger partial charge in [0.1, 0.15) is 4.88 Å². The van der Waals surface area contributed by atoms with Gasteiger partial charge in [0, 0.05) is 31.5 Å². The van der Waals surface area contributed by atoms with Gasteiger partial charge in [0.2, 0.25) is 5.91 Å². The maximum absolute atomic E-state index is 12.4. The molecular formula is C17H25N3O2S. The van der Waals surface area contributed by atoms with E-state index in [-0.39, 0.29) is 17.7 Å². The normalized spacial score (nSPS) is 22.1. The Bertz CT molecular complexity index is 593. The van der Waals surface area contributed by atoms with E-state index in [4.69, 9.17) is 0 Å². The number of hydrogen-bond donors (Lipinski definition) is 1. The predicted molar refractivity (Wildman–Crippen MR) is 90.6 cm³/mol. The van der Waals surface area contributed by atoms with Gasteiger partial charge in [-0.3, -0.25) is 9.59 Å². The van der Waals surface area contributed by atoms with E-state index in [0.29, 0.717) is 19.0 Å². The Morgan fingerprint density at radius 1 is 1.39 bits per heavy atom. The third kappa shape index (κ3) is 3.57. The highest BCUT2D eigenvalue weighted by Gasteiger charge is 2.35. The largest absolute Gasteiger partial charge is 0.351 e. The van der Waals surface area contributed by atoms with Crippen molar-refractivity contribution in [3.63, 3.8) is 0 Å². The van der Waals surface area contributed by atoms with Gasteiger partial charge in [0.25, 0.3) is 5.91 Å². The summed E-state index contributed by atoms with van der Waals surface area (Å²) >= 11 is 1.45. The zero-order valence-electron chi connectivity index (χ0n) is 13.9.